The van der Waals surface area contributed by atoms with Crippen molar-refractivity contribution in [3.63, 3.8) is 0 Å². The molecule has 1 unspecified atom stereocenters. The smallest absolute Gasteiger partial charge is 0.234 e. The molecule has 0 aliphatic heterocycles. The Kier molecular flexibility index (Phi) is 5.09. The predicted molar refractivity (Wildman–Crippen MR) is 76.9 cm³/mol. The number of amides is 1. The lowest BCUT2D eigenvalue weighted by atomic mass is 10.1. The van der Waals surface area contributed by atoms with E-state index in [1.807, 2.05) is 32.0 Å². The van der Waals surface area contributed by atoms with Crippen LogP contribution in [0.1, 0.15) is 18.9 Å². The van der Waals surface area contributed by atoms with Crippen molar-refractivity contribution < 1.29 is 9.53 Å². The van der Waals surface area contributed by atoms with Gasteiger partial charge in [0, 0.05) is 0 Å². The average molecular weight is 266 g/mol. The molecule has 1 aromatic rings. The minimum absolute atomic E-state index is 0.200. The highest BCUT2D eigenvalue weighted by Crippen LogP contribution is 2.25. The molecule has 0 aromatic heterocycles. The first kappa shape index (κ1) is 14.4. The van der Waals surface area contributed by atoms with Crippen molar-refractivity contribution in [2.45, 2.75) is 20.3 Å². The molecular weight excluding hydrogens is 248 g/mol. The number of aryl methyl sites for hydroxylation is 1. The van der Waals surface area contributed by atoms with Crippen LogP contribution in [0.4, 0.5) is 5.69 Å². The van der Waals surface area contributed by atoms with Crippen molar-refractivity contribution in [2.24, 2.45) is 11.7 Å². The van der Waals surface area contributed by atoms with Crippen LogP contribution in [0, 0.1) is 12.8 Å². The Balaban J connectivity index is 2.93. The van der Waals surface area contributed by atoms with Gasteiger partial charge < -0.3 is 15.8 Å². The quantitative estimate of drug-likeness (QED) is 0.802. The van der Waals surface area contributed by atoms with Crippen LogP contribution < -0.4 is 15.8 Å². The third-order valence-corrected chi connectivity index (χ3v) is 2.97. The molecular formula is C13H18N2O2S. The molecule has 3 N–H and O–H groups in total. The van der Waals surface area contributed by atoms with E-state index in [2.05, 4.69) is 5.32 Å². The van der Waals surface area contributed by atoms with Crippen molar-refractivity contribution in [3.8, 4) is 5.75 Å². The number of hydrogen-bond donors (Lipinski definition) is 2. The van der Waals surface area contributed by atoms with Crippen LogP contribution in [-0.2, 0) is 4.79 Å². The van der Waals surface area contributed by atoms with Crippen LogP contribution in [0.15, 0.2) is 18.2 Å². The highest BCUT2D eigenvalue weighted by molar-refractivity contribution is 7.80. The molecule has 0 saturated heterocycles. The Hall–Kier alpha value is -1.62. The first-order valence-electron chi connectivity index (χ1n) is 5.74. The second-order valence-electron chi connectivity index (χ2n) is 4.06. The Morgan fingerprint density at radius 3 is 2.72 bits per heavy atom. The van der Waals surface area contributed by atoms with Gasteiger partial charge in [-0.3, -0.25) is 4.79 Å². The standard InChI is InChI=1S/C13H18N2O2S/c1-4-9(12(14)18)13(16)15-10-7-8(2)5-6-11(10)17-3/h5-7,9H,4H2,1-3H3,(H2,14,18)(H,15,16). The van der Waals surface area contributed by atoms with Gasteiger partial charge >= 0.3 is 0 Å². The van der Waals surface area contributed by atoms with Crippen molar-refractivity contribution in [2.75, 3.05) is 12.4 Å². The SMILES string of the molecule is CCC(C(=O)Nc1cc(C)ccc1OC)C(N)=S. The molecule has 1 amide bonds. The minimum atomic E-state index is -0.454. The predicted octanol–water partition coefficient (Wildman–Crippen LogP) is 2.25. The van der Waals surface area contributed by atoms with Crippen LogP contribution >= 0.6 is 12.2 Å². The largest absolute Gasteiger partial charge is 0.495 e. The summed E-state index contributed by atoms with van der Waals surface area (Å²) in [5.41, 5.74) is 7.21. The van der Waals surface area contributed by atoms with E-state index in [0.717, 1.165) is 5.56 Å². The number of carbonyl (C=O) groups is 1. The number of thiocarbonyl (C=S) groups is 1. The molecule has 18 heavy (non-hydrogen) atoms. The lowest BCUT2D eigenvalue weighted by molar-refractivity contribution is -0.118. The van der Waals surface area contributed by atoms with E-state index >= 15 is 0 Å². The number of hydrogen-bond acceptors (Lipinski definition) is 3. The van der Waals surface area contributed by atoms with Gasteiger partial charge in [0.25, 0.3) is 0 Å². The van der Waals surface area contributed by atoms with E-state index in [1.165, 1.54) is 0 Å². The average Bonchev–Trinajstić information content (AvgIpc) is 2.29. The maximum absolute atomic E-state index is 12.0. The molecule has 4 nitrogen and oxygen atoms in total. The summed E-state index contributed by atoms with van der Waals surface area (Å²) in [7, 11) is 1.56. The summed E-state index contributed by atoms with van der Waals surface area (Å²) in [4.78, 5) is 12.2. The Labute approximate surface area is 113 Å². The number of benzene rings is 1. The van der Waals surface area contributed by atoms with Gasteiger partial charge in [-0.25, -0.2) is 0 Å². The number of methoxy groups -OCH3 is 1. The first-order chi connectivity index (χ1) is 8.49. The molecule has 0 heterocycles. The number of anilines is 1. The Morgan fingerprint density at radius 2 is 2.22 bits per heavy atom. The fourth-order valence-corrected chi connectivity index (χ4v) is 1.93. The molecule has 98 valence electrons. The number of rotatable bonds is 5. The zero-order valence-electron chi connectivity index (χ0n) is 10.8. The van der Waals surface area contributed by atoms with Crippen LogP contribution in [0.25, 0.3) is 0 Å². The zero-order valence-corrected chi connectivity index (χ0v) is 11.6. The van der Waals surface area contributed by atoms with Crippen molar-refractivity contribution in [1.82, 2.24) is 0 Å². The van der Waals surface area contributed by atoms with E-state index < -0.39 is 5.92 Å². The van der Waals surface area contributed by atoms with E-state index in [4.69, 9.17) is 22.7 Å². The Morgan fingerprint density at radius 1 is 1.56 bits per heavy atom. The van der Waals surface area contributed by atoms with Gasteiger partial charge in [-0.15, -0.1) is 0 Å². The molecule has 0 saturated carbocycles. The molecule has 5 heteroatoms. The maximum Gasteiger partial charge on any atom is 0.234 e. The van der Waals surface area contributed by atoms with E-state index in [-0.39, 0.29) is 10.9 Å². The molecule has 0 aliphatic carbocycles. The molecule has 1 atom stereocenters. The molecule has 0 radical (unpaired) electrons. The van der Waals surface area contributed by atoms with E-state index in [1.54, 1.807) is 7.11 Å². The summed E-state index contributed by atoms with van der Waals surface area (Å²) in [6.45, 7) is 3.82. The third-order valence-electron chi connectivity index (χ3n) is 2.68. The highest BCUT2D eigenvalue weighted by atomic mass is 32.1. The minimum Gasteiger partial charge on any atom is -0.495 e. The second-order valence-corrected chi connectivity index (χ2v) is 4.53. The number of carbonyl (C=O) groups excluding carboxylic acids is 1. The van der Waals surface area contributed by atoms with Gasteiger partial charge in [0.15, 0.2) is 0 Å². The van der Waals surface area contributed by atoms with Crippen LogP contribution in [-0.4, -0.2) is 18.0 Å². The van der Waals surface area contributed by atoms with Gasteiger partial charge in [-0.1, -0.05) is 25.2 Å². The normalized spacial score (nSPS) is 11.7. The summed E-state index contributed by atoms with van der Waals surface area (Å²) in [5, 5.41) is 2.80. The molecule has 0 fully saturated rings. The van der Waals surface area contributed by atoms with Crippen molar-refractivity contribution >= 4 is 28.8 Å². The van der Waals surface area contributed by atoms with Gasteiger partial charge in [0.05, 0.1) is 23.7 Å². The fourth-order valence-electron chi connectivity index (χ4n) is 1.66. The summed E-state index contributed by atoms with van der Waals surface area (Å²) in [5.74, 6) is -0.0362. The van der Waals surface area contributed by atoms with Gasteiger partial charge in [0.2, 0.25) is 5.91 Å². The summed E-state index contributed by atoms with van der Waals surface area (Å²) in [6, 6.07) is 5.58. The van der Waals surface area contributed by atoms with E-state index in [9.17, 15) is 4.79 Å². The number of ether oxygens (including phenoxy) is 1. The van der Waals surface area contributed by atoms with Crippen molar-refractivity contribution in [3.05, 3.63) is 23.8 Å². The maximum atomic E-state index is 12.0. The van der Waals surface area contributed by atoms with Gasteiger partial charge in [-0.2, -0.15) is 0 Å². The molecule has 0 spiro atoms. The number of nitrogens with two attached hydrogens (primary N) is 1. The van der Waals surface area contributed by atoms with Crippen LogP contribution in [0.2, 0.25) is 0 Å². The molecule has 1 aromatic carbocycles. The summed E-state index contributed by atoms with van der Waals surface area (Å²) >= 11 is 4.88. The summed E-state index contributed by atoms with van der Waals surface area (Å²) in [6.07, 6.45) is 0.579. The lowest BCUT2D eigenvalue weighted by Crippen LogP contribution is -2.32. The topological polar surface area (TPSA) is 64.3 Å². The van der Waals surface area contributed by atoms with Gasteiger partial charge in [-0.05, 0) is 31.0 Å². The summed E-state index contributed by atoms with van der Waals surface area (Å²) < 4.78 is 5.20. The van der Waals surface area contributed by atoms with E-state index in [0.29, 0.717) is 17.9 Å². The van der Waals surface area contributed by atoms with Crippen LogP contribution in [0.5, 0.6) is 5.75 Å². The Bertz CT molecular complexity index is 460. The highest BCUT2D eigenvalue weighted by Gasteiger charge is 2.20. The molecule has 0 bridgehead atoms. The van der Waals surface area contributed by atoms with Crippen molar-refractivity contribution in [1.29, 1.82) is 0 Å². The number of nitrogens with one attached hydrogen (secondary N) is 1. The second kappa shape index (κ2) is 6.35. The van der Waals surface area contributed by atoms with Crippen LogP contribution in [0.3, 0.4) is 0 Å². The zero-order chi connectivity index (χ0) is 13.7. The lowest BCUT2D eigenvalue weighted by Gasteiger charge is -2.15. The fraction of sp³-hybridized carbons (Fsp3) is 0.385. The van der Waals surface area contributed by atoms with Gasteiger partial charge in [0.1, 0.15) is 5.75 Å². The first-order valence-corrected chi connectivity index (χ1v) is 6.15. The monoisotopic (exact) mass is 266 g/mol. The molecule has 0 aliphatic rings. The third kappa shape index (κ3) is 3.43. The molecule has 1 rings (SSSR count).